The maximum absolute atomic E-state index is 11.4. The molecule has 0 N–H and O–H groups in total. The van der Waals surface area contributed by atoms with Crippen molar-refractivity contribution >= 4 is 21.7 Å². The molecule has 17 heavy (non-hydrogen) atoms. The lowest BCUT2D eigenvalue weighted by molar-refractivity contribution is -0.116. The van der Waals surface area contributed by atoms with Gasteiger partial charge in [0, 0.05) is 13.0 Å². The molecule has 0 saturated heterocycles. The van der Waals surface area contributed by atoms with E-state index in [1.165, 1.54) is 11.1 Å². The van der Waals surface area contributed by atoms with Gasteiger partial charge in [-0.25, -0.2) is 0 Å². The first-order valence-corrected chi connectivity index (χ1v) is 6.70. The second-order valence-corrected chi connectivity index (χ2v) is 5.23. The zero-order valence-electron chi connectivity index (χ0n) is 10.6. The van der Waals surface area contributed by atoms with Crippen molar-refractivity contribution in [3.63, 3.8) is 0 Å². The van der Waals surface area contributed by atoms with E-state index in [9.17, 15) is 4.79 Å². The first-order valence-electron chi connectivity index (χ1n) is 5.79. The smallest absolute Gasteiger partial charge is 0.144 e. The maximum atomic E-state index is 11.4. The van der Waals surface area contributed by atoms with Crippen molar-refractivity contribution in [2.75, 3.05) is 13.7 Å². The van der Waals surface area contributed by atoms with Crippen LogP contribution in [-0.4, -0.2) is 24.3 Å². The van der Waals surface area contributed by atoms with Crippen molar-refractivity contribution < 1.29 is 9.53 Å². The molecule has 0 saturated carbocycles. The molecule has 0 bridgehead atoms. The Kier molecular flexibility index (Phi) is 5.86. The predicted molar refractivity (Wildman–Crippen MR) is 73.8 cm³/mol. The topological polar surface area (TPSA) is 26.3 Å². The zero-order chi connectivity index (χ0) is 12.8. The third-order valence-corrected chi connectivity index (χ3v) is 4.39. The van der Waals surface area contributed by atoms with Crippen LogP contribution in [0.5, 0.6) is 0 Å². The standard InChI is InChI=1S/C14H19BrO2/c1-10(14(15)11(2)16)13-7-5-4-6-12(13)8-9-17-3/h4-7,10,14H,8-9H2,1-3H3. The number of ketones is 1. The lowest BCUT2D eigenvalue weighted by Gasteiger charge is -2.19. The molecule has 0 radical (unpaired) electrons. The Morgan fingerprint density at radius 2 is 2.06 bits per heavy atom. The van der Waals surface area contributed by atoms with Gasteiger partial charge in [-0.05, 0) is 24.5 Å². The zero-order valence-corrected chi connectivity index (χ0v) is 12.2. The van der Waals surface area contributed by atoms with E-state index in [0.29, 0.717) is 6.61 Å². The number of rotatable bonds is 6. The Morgan fingerprint density at radius 1 is 1.41 bits per heavy atom. The van der Waals surface area contributed by atoms with Crippen LogP contribution in [0.15, 0.2) is 24.3 Å². The molecule has 1 aromatic carbocycles. The van der Waals surface area contributed by atoms with Crippen LogP contribution in [0.1, 0.15) is 30.9 Å². The predicted octanol–water partition coefficient (Wildman–Crippen LogP) is 3.33. The van der Waals surface area contributed by atoms with Gasteiger partial charge in [-0.3, -0.25) is 4.79 Å². The molecule has 0 aliphatic rings. The highest BCUT2D eigenvalue weighted by Gasteiger charge is 2.21. The highest BCUT2D eigenvalue weighted by molar-refractivity contribution is 9.10. The van der Waals surface area contributed by atoms with Crippen LogP contribution in [0, 0.1) is 0 Å². The fourth-order valence-electron chi connectivity index (χ4n) is 1.93. The molecule has 1 rings (SSSR count). The van der Waals surface area contributed by atoms with Crippen molar-refractivity contribution in [3.05, 3.63) is 35.4 Å². The quantitative estimate of drug-likeness (QED) is 0.753. The van der Waals surface area contributed by atoms with Gasteiger partial charge in [0.2, 0.25) is 0 Å². The number of alkyl halides is 1. The summed E-state index contributed by atoms with van der Waals surface area (Å²) >= 11 is 3.47. The average Bonchev–Trinajstić information content (AvgIpc) is 2.34. The summed E-state index contributed by atoms with van der Waals surface area (Å²) in [4.78, 5) is 11.3. The molecule has 0 fully saturated rings. The van der Waals surface area contributed by atoms with E-state index in [2.05, 4.69) is 35.0 Å². The fraction of sp³-hybridized carbons (Fsp3) is 0.500. The summed E-state index contributed by atoms with van der Waals surface area (Å²) in [5.74, 6) is 0.347. The molecule has 0 heterocycles. The van der Waals surface area contributed by atoms with Crippen LogP contribution in [-0.2, 0) is 16.0 Å². The molecule has 1 aromatic rings. The van der Waals surface area contributed by atoms with Crippen molar-refractivity contribution in [1.29, 1.82) is 0 Å². The number of halogens is 1. The number of carbonyl (C=O) groups is 1. The highest BCUT2D eigenvalue weighted by Crippen LogP contribution is 2.28. The second kappa shape index (κ2) is 6.92. The molecule has 2 nitrogen and oxygen atoms in total. The van der Waals surface area contributed by atoms with Gasteiger partial charge in [0.15, 0.2) is 0 Å². The fourth-order valence-corrected chi connectivity index (χ4v) is 2.21. The molecule has 0 aliphatic heterocycles. The SMILES string of the molecule is COCCc1ccccc1C(C)C(Br)C(C)=O. The third kappa shape index (κ3) is 3.93. The van der Waals surface area contributed by atoms with Crippen molar-refractivity contribution in [3.8, 4) is 0 Å². The number of hydrogen-bond donors (Lipinski definition) is 0. The first kappa shape index (κ1) is 14.4. The minimum atomic E-state index is -0.119. The summed E-state index contributed by atoms with van der Waals surface area (Å²) in [5.41, 5.74) is 2.48. The van der Waals surface area contributed by atoms with E-state index in [1.807, 2.05) is 12.1 Å². The Bertz CT molecular complexity index is 376. The van der Waals surface area contributed by atoms with E-state index in [-0.39, 0.29) is 16.5 Å². The van der Waals surface area contributed by atoms with Crippen LogP contribution in [0.2, 0.25) is 0 Å². The molecule has 2 unspecified atom stereocenters. The first-order chi connectivity index (χ1) is 8.07. The van der Waals surface area contributed by atoms with E-state index >= 15 is 0 Å². The van der Waals surface area contributed by atoms with Crippen LogP contribution in [0.4, 0.5) is 0 Å². The number of hydrogen-bond acceptors (Lipinski definition) is 2. The molecule has 0 aliphatic carbocycles. The minimum absolute atomic E-state index is 0.119. The summed E-state index contributed by atoms with van der Waals surface area (Å²) in [7, 11) is 1.70. The van der Waals surface area contributed by atoms with Gasteiger partial charge in [0.05, 0.1) is 11.4 Å². The lowest BCUT2D eigenvalue weighted by atomic mass is 9.90. The van der Waals surface area contributed by atoms with Crippen molar-refractivity contribution in [2.24, 2.45) is 0 Å². The Balaban J connectivity index is 2.91. The second-order valence-electron chi connectivity index (χ2n) is 4.24. The molecule has 2 atom stereocenters. The van der Waals surface area contributed by atoms with Gasteiger partial charge in [-0.1, -0.05) is 47.1 Å². The van der Waals surface area contributed by atoms with Crippen LogP contribution >= 0.6 is 15.9 Å². The highest BCUT2D eigenvalue weighted by atomic mass is 79.9. The number of carbonyl (C=O) groups excluding carboxylic acids is 1. The molecular formula is C14H19BrO2. The number of Topliss-reactive ketones (excluding diaryl/α,β-unsaturated/α-hetero) is 1. The van der Waals surface area contributed by atoms with E-state index in [1.54, 1.807) is 14.0 Å². The summed E-state index contributed by atoms with van der Waals surface area (Å²) in [5, 5.41) is 0. The maximum Gasteiger partial charge on any atom is 0.144 e. The van der Waals surface area contributed by atoms with Crippen LogP contribution in [0.25, 0.3) is 0 Å². The molecule has 0 spiro atoms. The summed E-state index contributed by atoms with van der Waals surface area (Å²) < 4.78 is 5.11. The van der Waals surface area contributed by atoms with Gasteiger partial charge in [0.1, 0.15) is 5.78 Å². The molecular weight excluding hydrogens is 280 g/mol. The van der Waals surface area contributed by atoms with Gasteiger partial charge in [-0.15, -0.1) is 0 Å². The number of benzene rings is 1. The van der Waals surface area contributed by atoms with E-state index in [0.717, 1.165) is 6.42 Å². The van der Waals surface area contributed by atoms with Crippen LogP contribution < -0.4 is 0 Å². The largest absolute Gasteiger partial charge is 0.384 e. The molecule has 0 amide bonds. The van der Waals surface area contributed by atoms with Crippen molar-refractivity contribution in [2.45, 2.75) is 31.0 Å². The number of methoxy groups -OCH3 is 1. The average molecular weight is 299 g/mol. The van der Waals surface area contributed by atoms with Gasteiger partial charge >= 0.3 is 0 Å². The van der Waals surface area contributed by atoms with E-state index in [4.69, 9.17) is 4.74 Å². The van der Waals surface area contributed by atoms with E-state index < -0.39 is 0 Å². The summed E-state index contributed by atoms with van der Waals surface area (Å²) in [6.07, 6.45) is 0.884. The minimum Gasteiger partial charge on any atom is -0.384 e. The normalized spacial score (nSPS) is 14.4. The Hall–Kier alpha value is -0.670. The summed E-state index contributed by atoms with van der Waals surface area (Å²) in [6.45, 7) is 4.40. The molecule has 94 valence electrons. The van der Waals surface area contributed by atoms with Crippen molar-refractivity contribution in [1.82, 2.24) is 0 Å². The van der Waals surface area contributed by atoms with Gasteiger partial charge < -0.3 is 4.74 Å². The van der Waals surface area contributed by atoms with Gasteiger partial charge in [-0.2, -0.15) is 0 Å². The number of ether oxygens (including phenoxy) is 1. The summed E-state index contributed by atoms with van der Waals surface area (Å²) in [6, 6.07) is 8.23. The Labute approximate surface area is 111 Å². The van der Waals surface area contributed by atoms with Gasteiger partial charge in [0.25, 0.3) is 0 Å². The Morgan fingerprint density at radius 3 is 2.65 bits per heavy atom. The lowest BCUT2D eigenvalue weighted by Crippen LogP contribution is -2.19. The molecule has 3 heteroatoms. The van der Waals surface area contributed by atoms with Crippen LogP contribution in [0.3, 0.4) is 0 Å². The third-order valence-electron chi connectivity index (χ3n) is 2.95. The monoisotopic (exact) mass is 298 g/mol. The molecule has 0 aromatic heterocycles.